The lowest BCUT2D eigenvalue weighted by Crippen LogP contribution is -1.96. The summed E-state index contributed by atoms with van der Waals surface area (Å²) in [6.07, 6.45) is 0. The van der Waals surface area contributed by atoms with Gasteiger partial charge < -0.3 is 11.5 Å². The molecule has 0 atom stereocenters. The monoisotopic (exact) mass is 360 g/mol. The van der Waals surface area contributed by atoms with E-state index < -0.39 is 0 Å². The number of nitrogens with two attached hydrogens (primary N) is 2. The van der Waals surface area contributed by atoms with Gasteiger partial charge in [-0.2, -0.15) is 0 Å². The van der Waals surface area contributed by atoms with Crippen LogP contribution in [0.15, 0.2) is 12.1 Å². The van der Waals surface area contributed by atoms with Crippen LogP contribution in [0.5, 0.6) is 0 Å². The predicted molar refractivity (Wildman–Crippen MR) is 60.7 cm³/mol. The second-order valence-electron chi connectivity index (χ2n) is 1.87. The molecule has 0 unspecified atom stereocenters. The topological polar surface area (TPSA) is 52.0 Å². The molecule has 0 fully saturated rings. The number of nitrogen functional groups attached to an aromatic ring is 2. The molecule has 0 spiro atoms. The summed E-state index contributed by atoms with van der Waals surface area (Å²) >= 11 is 4.36. The fraction of sp³-hybridized carbons (Fsp3) is 0. The normalized spacial score (nSPS) is 9.80. The first-order chi connectivity index (χ1) is 4.63. The Kier molecular flexibility index (Phi) is 2.61. The number of rotatable bonds is 0. The Morgan fingerprint density at radius 3 is 1.50 bits per heavy atom. The SMILES string of the molecule is Nc1ccc(N)c(I)c1I. The maximum Gasteiger partial charge on any atom is 0.0514 e. The number of benzene rings is 1. The van der Waals surface area contributed by atoms with Gasteiger partial charge in [-0.3, -0.25) is 0 Å². The molecule has 0 aliphatic heterocycles. The second kappa shape index (κ2) is 3.12. The number of hydrogen-bond donors (Lipinski definition) is 2. The molecule has 54 valence electrons. The van der Waals surface area contributed by atoms with Crippen LogP contribution in [-0.4, -0.2) is 0 Å². The van der Waals surface area contributed by atoms with Gasteiger partial charge in [0.05, 0.1) is 7.14 Å². The van der Waals surface area contributed by atoms with E-state index in [-0.39, 0.29) is 0 Å². The van der Waals surface area contributed by atoms with Crippen molar-refractivity contribution in [3.63, 3.8) is 0 Å². The summed E-state index contributed by atoms with van der Waals surface area (Å²) in [6.45, 7) is 0. The Morgan fingerprint density at radius 2 is 1.20 bits per heavy atom. The quantitative estimate of drug-likeness (QED) is 0.550. The molecular formula is C6H6I2N2. The Balaban J connectivity index is 3.34. The molecule has 0 saturated carbocycles. The van der Waals surface area contributed by atoms with Gasteiger partial charge in [-0.25, -0.2) is 0 Å². The molecular weight excluding hydrogens is 354 g/mol. The lowest BCUT2D eigenvalue weighted by molar-refractivity contribution is 1.56. The van der Waals surface area contributed by atoms with E-state index in [4.69, 9.17) is 11.5 Å². The Hall–Kier alpha value is 0.280. The Bertz CT molecular complexity index is 233. The molecule has 10 heavy (non-hydrogen) atoms. The number of halogens is 2. The van der Waals surface area contributed by atoms with Crippen LogP contribution >= 0.6 is 45.2 Å². The molecule has 4 heteroatoms. The summed E-state index contributed by atoms with van der Waals surface area (Å²) in [4.78, 5) is 0. The minimum atomic E-state index is 0.791. The third-order valence-corrected chi connectivity index (χ3v) is 4.50. The maximum absolute atomic E-state index is 5.62. The van der Waals surface area contributed by atoms with E-state index in [0.717, 1.165) is 18.5 Å². The number of hydrogen-bond acceptors (Lipinski definition) is 2. The van der Waals surface area contributed by atoms with E-state index >= 15 is 0 Å². The molecule has 1 rings (SSSR count). The van der Waals surface area contributed by atoms with Crippen LogP contribution in [0.2, 0.25) is 0 Å². The van der Waals surface area contributed by atoms with Gasteiger partial charge in [0.15, 0.2) is 0 Å². The average Bonchev–Trinajstić information content (AvgIpc) is 1.93. The van der Waals surface area contributed by atoms with Crippen LogP contribution in [-0.2, 0) is 0 Å². The van der Waals surface area contributed by atoms with Gasteiger partial charge in [0.1, 0.15) is 0 Å². The maximum atomic E-state index is 5.62. The van der Waals surface area contributed by atoms with Crippen LogP contribution in [0.25, 0.3) is 0 Å². The third-order valence-electron chi connectivity index (χ3n) is 1.14. The highest BCUT2D eigenvalue weighted by atomic mass is 127. The van der Waals surface area contributed by atoms with E-state index in [9.17, 15) is 0 Å². The van der Waals surface area contributed by atoms with Gasteiger partial charge in [0.2, 0.25) is 0 Å². The molecule has 4 N–H and O–H groups in total. The first-order valence-electron chi connectivity index (χ1n) is 2.62. The molecule has 2 nitrogen and oxygen atoms in total. The molecule has 1 aromatic rings. The van der Waals surface area contributed by atoms with E-state index in [0.29, 0.717) is 0 Å². The molecule has 0 amide bonds. The van der Waals surface area contributed by atoms with E-state index in [2.05, 4.69) is 45.2 Å². The van der Waals surface area contributed by atoms with E-state index in [1.54, 1.807) is 0 Å². The van der Waals surface area contributed by atoms with Crippen molar-refractivity contribution in [3.05, 3.63) is 19.3 Å². The van der Waals surface area contributed by atoms with Gasteiger partial charge in [-0.05, 0) is 57.3 Å². The zero-order chi connectivity index (χ0) is 7.72. The molecule has 0 aliphatic carbocycles. The van der Waals surface area contributed by atoms with Crippen molar-refractivity contribution in [2.24, 2.45) is 0 Å². The highest BCUT2D eigenvalue weighted by Crippen LogP contribution is 2.25. The lowest BCUT2D eigenvalue weighted by atomic mass is 10.3. The summed E-state index contributed by atoms with van der Waals surface area (Å²) < 4.78 is 2.08. The third kappa shape index (κ3) is 1.47. The number of anilines is 2. The largest absolute Gasteiger partial charge is 0.398 e. The molecule has 1 aromatic carbocycles. The lowest BCUT2D eigenvalue weighted by Gasteiger charge is -2.02. The molecule has 0 radical (unpaired) electrons. The van der Waals surface area contributed by atoms with Crippen LogP contribution in [0.3, 0.4) is 0 Å². The van der Waals surface area contributed by atoms with Crippen molar-refractivity contribution in [1.29, 1.82) is 0 Å². The molecule has 0 heterocycles. The average molecular weight is 360 g/mol. The van der Waals surface area contributed by atoms with Crippen LogP contribution in [0.4, 0.5) is 11.4 Å². The van der Waals surface area contributed by atoms with Crippen molar-refractivity contribution < 1.29 is 0 Å². The first kappa shape index (κ1) is 8.38. The van der Waals surface area contributed by atoms with Crippen molar-refractivity contribution in [2.45, 2.75) is 0 Å². The summed E-state index contributed by atoms with van der Waals surface area (Å²) in [6, 6.07) is 3.64. The minimum Gasteiger partial charge on any atom is -0.398 e. The Labute approximate surface area is 86.6 Å². The van der Waals surface area contributed by atoms with Gasteiger partial charge in [-0.15, -0.1) is 0 Å². The molecule has 0 bridgehead atoms. The van der Waals surface area contributed by atoms with Crippen LogP contribution < -0.4 is 11.5 Å². The molecule has 0 aliphatic rings. The highest BCUT2D eigenvalue weighted by Gasteiger charge is 2.02. The molecule has 0 saturated heterocycles. The standard InChI is InChI=1S/C6H6I2N2/c7-5-3(9)1-2-4(10)6(5)8/h1-2H,9-10H2. The summed E-state index contributed by atoms with van der Waals surface area (Å²) in [5, 5.41) is 0. The van der Waals surface area contributed by atoms with Crippen LogP contribution in [0, 0.1) is 7.14 Å². The first-order valence-corrected chi connectivity index (χ1v) is 4.77. The fourth-order valence-electron chi connectivity index (χ4n) is 0.579. The van der Waals surface area contributed by atoms with Gasteiger partial charge in [-0.1, -0.05) is 0 Å². The van der Waals surface area contributed by atoms with Crippen LogP contribution in [0.1, 0.15) is 0 Å². The van der Waals surface area contributed by atoms with Gasteiger partial charge >= 0.3 is 0 Å². The second-order valence-corrected chi connectivity index (χ2v) is 4.03. The fourth-order valence-corrected chi connectivity index (χ4v) is 1.56. The van der Waals surface area contributed by atoms with Gasteiger partial charge in [0, 0.05) is 11.4 Å². The smallest absolute Gasteiger partial charge is 0.0514 e. The molecule has 0 aromatic heterocycles. The zero-order valence-corrected chi connectivity index (χ0v) is 9.38. The Morgan fingerprint density at radius 1 is 0.900 bits per heavy atom. The summed E-state index contributed by atoms with van der Waals surface area (Å²) in [5.41, 5.74) is 12.8. The van der Waals surface area contributed by atoms with E-state index in [1.165, 1.54) is 0 Å². The summed E-state index contributed by atoms with van der Waals surface area (Å²) in [5.74, 6) is 0. The summed E-state index contributed by atoms with van der Waals surface area (Å²) in [7, 11) is 0. The van der Waals surface area contributed by atoms with Crippen molar-refractivity contribution >= 4 is 56.6 Å². The van der Waals surface area contributed by atoms with Crippen molar-refractivity contribution in [1.82, 2.24) is 0 Å². The van der Waals surface area contributed by atoms with Crippen molar-refractivity contribution in [2.75, 3.05) is 11.5 Å². The highest BCUT2D eigenvalue weighted by molar-refractivity contribution is 14.1. The minimum absolute atomic E-state index is 0.791. The van der Waals surface area contributed by atoms with Gasteiger partial charge in [0.25, 0.3) is 0 Å². The predicted octanol–water partition coefficient (Wildman–Crippen LogP) is 2.06. The van der Waals surface area contributed by atoms with E-state index in [1.807, 2.05) is 12.1 Å². The van der Waals surface area contributed by atoms with Crippen molar-refractivity contribution in [3.8, 4) is 0 Å². The zero-order valence-electron chi connectivity index (χ0n) is 5.07.